The molecule has 1 atom stereocenters. The molecule has 17 heavy (non-hydrogen) atoms. The van der Waals surface area contributed by atoms with Gasteiger partial charge in [0.2, 0.25) is 0 Å². The third-order valence-electron chi connectivity index (χ3n) is 2.88. The molecule has 0 fully saturated rings. The molecule has 2 aromatic rings. The van der Waals surface area contributed by atoms with Crippen LogP contribution in [0.5, 0.6) is 0 Å². The quantitative estimate of drug-likeness (QED) is 0.943. The smallest absolute Gasteiger partial charge is 0.0605 e. The van der Waals surface area contributed by atoms with Gasteiger partial charge in [0.1, 0.15) is 0 Å². The van der Waals surface area contributed by atoms with Crippen molar-refractivity contribution in [2.45, 2.75) is 13.0 Å². The van der Waals surface area contributed by atoms with Gasteiger partial charge < -0.3 is 5.32 Å². The van der Waals surface area contributed by atoms with E-state index in [1.807, 2.05) is 31.2 Å². The average Bonchev–Trinajstić information content (AvgIpc) is 2.71. The minimum Gasteiger partial charge on any atom is -0.309 e. The summed E-state index contributed by atoms with van der Waals surface area (Å²) in [5.74, 6) is 0. The molecule has 0 aliphatic heterocycles. The van der Waals surface area contributed by atoms with Crippen molar-refractivity contribution in [2.24, 2.45) is 7.05 Å². The normalized spacial score (nSPS) is 12.7. The van der Waals surface area contributed by atoms with Crippen molar-refractivity contribution in [1.82, 2.24) is 15.1 Å². The zero-order chi connectivity index (χ0) is 12.4. The molecule has 0 aliphatic rings. The van der Waals surface area contributed by atoms with Gasteiger partial charge in [0.05, 0.1) is 12.2 Å². The number of halogens is 1. The number of aromatic nitrogens is 2. The second-order valence-corrected chi connectivity index (χ2v) is 5.03. The molecule has 1 aromatic carbocycles. The van der Waals surface area contributed by atoms with Crippen LogP contribution in [0, 0.1) is 6.92 Å². The van der Waals surface area contributed by atoms with Crippen molar-refractivity contribution in [3.63, 3.8) is 0 Å². The van der Waals surface area contributed by atoms with Crippen LogP contribution in [0.1, 0.15) is 22.7 Å². The molecule has 0 bridgehead atoms. The van der Waals surface area contributed by atoms with Crippen LogP contribution in [-0.2, 0) is 7.05 Å². The van der Waals surface area contributed by atoms with Crippen LogP contribution in [0.3, 0.4) is 0 Å². The molecule has 0 spiro atoms. The van der Waals surface area contributed by atoms with Crippen LogP contribution in [-0.4, -0.2) is 16.8 Å². The summed E-state index contributed by atoms with van der Waals surface area (Å²) < 4.78 is 2.96. The number of aryl methyl sites for hydroxylation is 2. The predicted molar refractivity (Wildman–Crippen MR) is 73.0 cm³/mol. The minimum absolute atomic E-state index is 0.181. The maximum absolute atomic E-state index is 4.22. The van der Waals surface area contributed by atoms with Crippen molar-refractivity contribution >= 4 is 15.9 Å². The summed E-state index contributed by atoms with van der Waals surface area (Å²) in [6.07, 6.45) is 3.93. The fraction of sp³-hybridized carbons (Fsp3) is 0.308. The van der Waals surface area contributed by atoms with E-state index in [4.69, 9.17) is 0 Å². The first-order valence-electron chi connectivity index (χ1n) is 5.53. The lowest BCUT2D eigenvalue weighted by atomic mass is 10.0. The molecule has 0 amide bonds. The van der Waals surface area contributed by atoms with Crippen molar-refractivity contribution in [3.05, 3.63) is 51.8 Å². The maximum atomic E-state index is 4.22. The first-order valence-corrected chi connectivity index (χ1v) is 6.33. The third-order valence-corrected chi connectivity index (χ3v) is 3.73. The largest absolute Gasteiger partial charge is 0.309 e. The summed E-state index contributed by atoms with van der Waals surface area (Å²) in [6.45, 7) is 2.09. The summed E-state index contributed by atoms with van der Waals surface area (Å²) >= 11 is 3.57. The zero-order valence-corrected chi connectivity index (χ0v) is 11.8. The second kappa shape index (κ2) is 5.02. The Bertz CT molecular complexity index is 519. The molecule has 1 N–H and O–H groups in total. The maximum Gasteiger partial charge on any atom is 0.0605 e. The molecule has 4 heteroatoms. The fourth-order valence-electron chi connectivity index (χ4n) is 1.90. The van der Waals surface area contributed by atoms with Crippen molar-refractivity contribution in [3.8, 4) is 0 Å². The molecular formula is C13H16BrN3. The Kier molecular flexibility index (Phi) is 3.64. The first-order chi connectivity index (χ1) is 8.11. The zero-order valence-electron chi connectivity index (χ0n) is 10.2. The van der Waals surface area contributed by atoms with E-state index in [1.54, 1.807) is 0 Å². The van der Waals surface area contributed by atoms with Crippen molar-refractivity contribution < 1.29 is 0 Å². The van der Waals surface area contributed by atoms with Gasteiger partial charge in [0.25, 0.3) is 0 Å². The Labute approximate surface area is 110 Å². The lowest BCUT2D eigenvalue weighted by Gasteiger charge is -2.15. The van der Waals surface area contributed by atoms with E-state index in [0.29, 0.717) is 0 Å². The number of nitrogens with one attached hydrogen (secondary N) is 1. The van der Waals surface area contributed by atoms with Gasteiger partial charge in [-0.1, -0.05) is 28.1 Å². The Morgan fingerprint density at radius 1 is 1.35 bits per heavy atom. The van der Waals surface area contributed by atoms with Crippen LogP contribution in [0.4, 0.5) is 0 Å². The van der Waals surface area contributed by atoms with E-state index in [2.05, 4.69) is 51.5 Å². The summed E-state index contributed by atoms with van der Waals surface area (Å²) in [6, 6.07) is 6.61. The highest BCUT2D eigenvalue weighted by molar-refractivity contribution is 9.10. The van der Waals surface area contributed by atoms with Crippen LogP contribution < -0.4 is 5.32 Å². The molecule has 1 aromatic heterocycles. The molecule has 3 nitrogen and oxygen atoms in total. The molecule has 0 saturated heterocycles. The van der Waals surface area contributed by atoms with E-state index in [9.17, 15) is 0 Å². The Balaban J connectivity index is 2.38. The highest BCUT2D eigenvalue weighted by Crippen LogP contribution is 2.25. The molecule has 2 rings (SSSR count). The van der Waals surface area contributed by atoms with E-state index >= 15 is 0 Å². The van der Waals surface area contributed by atoms with Crippen molar-refractivity contribution in [1.29, 1.82) is 0 Å². The van der Waals surface area contributed by atoms with E-state index in [1.165, 1.54) is 16.7 Å². The molecule has 0 radical (unpaired) electrons. The summed E-state index contributed by atoms with van der Waals surface area (Å²) in [4.78, 5) is 0. The number of hydrogen-bond donors (Lipinski definition) is 1. The fourth-order valence-corrected chi connectivity index (χ4v) is 2.30. The van der Waals surface area contributed by atoms with Gasteiger partial charge in [-0.25, -0.2) is 0 Å². The number of hydrogen-bond acceptors (Lipinski definition) is 2. The highest BCUT2D eigenvalue weighted by Gasteiger charge is 2.14. The Morgan fingerprint density at radius 3 is 2.65 bits per heavy atom. The molecule has 1 unspecified atom stereocenters. The van der Waals surface area contributed by atoms with E-state index < -0.39 is 0 Å². The minimum atomic E-state index is 0.181. The van der Waals surface area contributed by atoms with Crippen LogP contribution >= 0.6 is 15.9 Å². The summed E-state index contributed by atoms with van der Waals surface area (Å²) in [5.41, 5.74) is 3.65. The Hall–Kier alpha value is -1.13. The van der Waals surface area contributed by atoms with Gasteiger partial charge in [-0.2, -0.15) is 5.10 Å². The lowest BCUT2D eigenvalue weighted by Crippen LogP contribution is -2.17. The average molecular weight is 294 g/mol. The molecular weight excluding hydrogens is 278 g/mol. The van der Waals surface area contributed by atoms with Crippen LogP contribution in [0.2, 0.25) is 0 Å². The summed E-state index contributed by atoms with van der Waals surface area (Å²) in [5, 5.41) is 7.54. The standard InChI is InChI=1S/C13H16BrN3/c1-9-4-5-10(6-12(9)14)13(15-2)11-7-16-17(3)8-11/h4-8,13,15H,1-3H3. The Morgan fingerprint density at radius 2 is 2.12 bits per heavy atom. The molecule has 0 saturated carbocycles. The molecule has 1 heterocycles. The van der Waals surface area contributed by atoms with E-state index in [-0.39, 0.29) is 6.04 Å². The van der Waals surface area contributed by atoms with Gasteiger partial charge in [0, 0.05) is 23.3 Å². The monoisotopic (exact) mass is 293 g/mol. The predicted octanol–water partition coefficient (Wildman–Crippen LogP) is 2.80. The van der Waals surface area contributed by atoms with Gasteiger partial charge in [-0.15, -0.1) is 0 Å². The van der Waals surface area contributed by atoms with Gasteiger partial charge in [-0.3, -0.25) is 4.68 Å². The van der Waals surface area contributed by atoms with E-state index in [0.717, 1.165) is 4.47 Å². The summed E-state index contributed by atoms with van der Waals surface area (Å²) in [7, 11) is 3.90. The number of benzene rings is 1. The van der Waals surface area contributed by atoms with Crippen LogP contribution in [0.15, 0.2) is 35.1 Å². The SMILES string of the molecule is CNC(c1ccc(C)c(Br)c1)c1cnn(C)c1. The second-order valence-electron chi connectivity index (χ2n) is 4.18. The number of nitrogens with zero attached hydrogens (tertiary/aromatic N) is 2. The topological polar surface area (TPSA) is 29.9 Å². The third kappa shape index (κ3) is 2.58. The van der Waals surface area contributed by atoms with Crippen LogP contribution in [0.25, 0.3) is 0 Å². The number of rotatable bonds is 3. The highest BCUT2D eigenvalue weighted by atomic mass is 79.9. The first kappa shape index (κ1) is 12.3. The lowest BCUT2D eigenvalue weighted by molar-refractivity contribution is 0.689. The molecule has 90 valence electrons. The van der Waals surface area contributed by atoms with Gasteiger partial charge in [-0.05, 0) is 31.2 Å². The molecule has 0 aliphatic carbocycles. The van der Waals surface area contributed by atoms with Crippen molar-refractivity contribution in [2.75, 3.05) is 7.05 Å². The van der Waals surface area contributed by atoms with Gasteiger partial charge >= 0.3 is 0 Å². The van der Waals surface area contributed by atoms with Gasteiger partial charge in [0.15, 0.2) is 0 Å².